The largest absolute Gasteiger partial charge is 0.337 e. The SMILES string of the molecule is Cc1cc(C)cc(C(=O)N(CCCn2ccnc2)c2nc3cc(C)cc(C)c3s2)c1.Cl. The summed E-state index contributed by atoms with van der Waals surface area (Å²) in [6.45, 7) is 9.64. The van der Waals surface area contributed by atoms with E-state index in [9.17, 15) is 4.79 Å². The topological polar surface area (TPSA) is 51.0 Å². The molecule has 0 bridgehead atoms. The summed E-state index contributed by atoms with van der Waals surface area (Å²) in [5.41, 5.74) is 6.23. The van der Waals surface area contributed by atoms with Gasteiger partial charge in [-0.15, -0.1) is 12.4 Å². The first-order chi connectivity index (χ1) is 14.4. The number of carbonyl (C=O) groups excluding carboxylic acids is 1. The first-order valence-electron chi connectivity index (χ1n) is 10.1. The molecule has 0 N–H and O–H groups in total. The lowest BCUT2D eigenvalue weighted by Crippen LogP contribution is -2.32. The van der Waals surface area contributed by atoms with Crippen molar-refractivity contribution in [3.63, 3.8) is 0 Å². The minimum atomic E-state index is 0. The van der Waals surface area contributed by atoms with Gasteiger partial charge in [0.05, 0.1) is 16.5 Å². The number of hydrogen-bond donors (Lipinski definition) is 0. The maximum Gasteiger partial charge on any atom is 0.260 e. The Morgan fingerprint density at radius 2 is 1.74 bits per heavy atom. The van der Waals surface area contributed by atoms with Gasteiger partial charge in [0.2, 0.25) is 0 Å². The molecule has 4 aromatic rings. The second-order valence-electron chi connectivity index (χ2n) is 7.91. The predicted molar refractivity (Wildman–Crippen MR) is 131 cm³/mol. The molecule has 1 amide bonds. The van der Waals surface area contributed by atoms with Gasteiger partial charge < -0.3 is 4.57 Å². The van der Waals surface area contributed by atoms with Crippen LogP contribution in [0, 0.1) is 27.7 Å². The summed E-state index contributed by atoms with van der Waals surface area (Å²) in [5, 5.41) is 0.758. The summed E-state index contributed by atoms with van der Waals surface area (Å²) in [6.07, 6.45) is 6.34. The number of fused-ring (bicyclic) bond motifs is 1. The first kappa shape index (κ1) is 23.0. The van der Waals surface area contributed by atoms with Gasteiger partial charge in [-0.05, 0) is 63.4 Å². The van der Waals surface area contributed by atoms with Crippen LogP contribution in [-0.2, 0) is 6.54 Å². The number of hydrogen-bond acceptors (Lipinski definition) is 4. The lowest BCUT2D eigenvalue weighted by molar-refractivity contribution is 0.0986. The van der Waals surface area contributed by atoms with Crippen molar-refractivity contribution < 1.29 is 4.79 Å². The molecule has 0 fully saturated rings. The van der Waals surface area contributed by atoms with Crippen LogP contribution in [0.1, 0.15) is 39.0 Å². The van der Waals surface area contributed by atoms with Gasteiger partial charge in [-0.1, -0.05) is 34.6 Å². The average molecular weight is 455 g/mol. The van der Waals surface area contributed by atoms with Crippen LogP contribution < -0.4 is 4.90 Å². The molecular weight excluding hydrogens is 428 g/mol. The van der Waals surface area contributed by atoms with Crippen molar-refractivity contribution >= 4 is 45.0 Å². The first-order valence-corrected chi connectivity index (χ1v) is 11.0. The minimum absolute atomic E-state index is 0. The van der Waals surface area contributed by atoms with E-state index in [4.69, 9.17) is 4.98 Å². The van der Waals surface area contributed by atoms with E-state index in [1.165, 1.54) is 11.1 Å². The highest BCUT2D eigenvalue weighted by molar-refractivity contribution is 7.22. The number of nitrogens with zero attached hydrogens (tertiary/aromatic N) is 4. The molecule has 2 aromatic carbocycles. The van der Waals surface area contributed by atoms with Crippen molar-refractivity contribution in [3.05, 3.63) is 76.9 Å². The van der Waals surface area contributed by atoms with Crippen LogP contribution in [-0.4, -0.2) is 27.0 Å². The average Bonchev–Trinajstić information content (AvgIpc) is 3.33. The Kier molecular flexibility index (Phi) is 7.13. The molecular formula is C24H27ClN4OS. The molecule has 0 aliphatic heterocycles. The van der Waals surface area contributed by atoms with Crippen LogP contribution in [0.4, 0.5) is 5.13 Å². The number of rotatable bonds is 6. The Labute approximate surface area is 193 Å². The zero-order valence-corrected chi connectivity index (χ0v) is 19.9. The zero-order valence-electron chi connectivity index (χ0n) is 18.3. The second kappa shape index (κ2) is 9.62. The van der Waals surface area contributed by atoms with Crippen LogP contribution in [0.2, 0.25) is 0 Å². The van der Waals surface area contributed by atoms with Gasteiger partial charge >= 0.3 is 0 Å². The van der Waals surface area contributed by atoms with Gasteiger partial charge in [0, 0.05) is 31.0 Å². The Bertz CT molecular complexity index is 1180. The van der Waals surface area contributed by atoms with E-state index >= 15 is 0 Å². The molecule has 162 valence electrons. The molecule has 0 atom stereocenters. The number of thiazole rings is 1. The number of aryl methyl sites for hydroxylation is 5. The smallest absolute Gasteiger partial charge is 0.260 e. The molecule has 0 aliphatic carbocycles. The van der Waals surface area contributed by atoms with E-state index in [0.717, 1.165) is 39.4 Å². The van der Waals surface area contributed by atoms with E-state index in [0.29, 0.717) is 12.1 Å². The number of anilines is 1. The highest BCUT2D eigenvalue weighted by Gasteiger charge is 2.22. The van der Waals surface area contributed by atoms with Crippen LogP contribution in [0.15, 0.2) is 49.1 Å². The number of benzene rings is 2. The third kappa shape index (κ3) is 5.14. The number of carbonyl (C=O) groups is 1. The molecule has 0 radical (unpaired) electrons. The van der Waals surface area contributed by atoms with Crippen LogP contribution in [0.3, 0.4) is 0 Å². The van der Waals surface area contributed by atoms with Crippen LogP contribution >= 0.6 is 23.7 Å². The molecule has 7 heteroatoms. The number of aromatic nitrogens is 3. The van der Waals surface area contributed by atoms with Gasteiger partial charge in [-0.2, -0.15) is 0 Å². The normalized spacial score (nSPS) is 10.8. The van der Waals surface area contributed by atoms with E-state index in [1.54, 1.807) is 23.9 Å². The molecule has 0 saturated carbocycles. The third-order valence-electron chi connectivity index (χ3n) is 5.11. The highest BCUT2D eigenvalue weighted by Crippen LogP contribution is 2.33. The molecule has 2 aromatic heterocycles. The molecule has 0 unspecified atom stereocenters. The fraction of sp³-hybridized carbons (Fsp3) is 0.292. The van der Waals surface area contributed by atoms with Crippen molar-refractivity contribution in [2.45, 2.75) is 40.7 Å². The van der Waals surface area contributed by atoms with Crippen LogP contribution in [0.25, 0.3) is 10.2 Å². The Hall–Kier alpha value is -2.70. The lowest BCUT2D eigenvalue weighted by Gasteiger charge is -2.20. The fourth-order valence-corrected chi connectivity index (χ4v) is 4.89. The number of amides is 1. The lowest BCUT2D eigenvalue weighted by atomic mass is 10.1. The summed E-state index contributed by atoms with van der Waals surface area (Å²) < 4.78 is 3.18. The van der Waals surface area contributed by atoms with Crippen molar-refractivity contribution in [1.82, 2.24) is 14.5 Å². The molecule has 31 heavy (non-hydrogen) atoms. The van der Waals surface area contributed by atoms with Crippen molar-refractivity contribution in [2.24, 2.45) is 0 Å². The predicted octanol–water partition coefficient (Wildman–Crippen LogP) is 5.89. The van der Waals surface area contributed by atoms with Gasteiger partial charge in [-0.25, -0.2) is 9.97 Å². The van der Waals surface area contributed by atoms with Gasteiger partial charge in [0.25, 0.3) is 5.91 Å². The van der Waals surface area contributed by atoms with Gasteiger partial charge in [0.15, 0.2) is 5.13 Å². The Morgan fingerprint density at radius 1 is 1.03 bits per heavy atom. The maximum absolute atomic E-state index is 13.5. The molecule has 5 nitrogen and oxygen atoms in total. The molecule has 0 aliphatic rings. The summed E-state index contributed by atoms with van der Waals surface area (Å²) in [4.78, 5) is 24.3. The van der Waals surface area contributed by atoms with E-state index in [1.807, 2.05) is 41.6 Å². The van der Waals surface area contributed by atoms with Gasteiger partial charge in [-0.3, -0.25) is 9.69 Å². The van der Waals surface area contributed by atoms with E-state index < -0.39 is 0 Å². The molecule has 2 heterocycles. The van der Waals surface area contributed by atoms with Crippen LogP contribution in [0.5, 0.6) is 0 Å². The molecule has 4 rings (SSSR count). The quantitative estimate of drug-likeness (QED) is 0.365. The summed E-state index contributed by atoms with van der Waals surface area (Å²) >= 11 is 1.59. The second-order valence-corrected chi connectivity index (χ2v) is 8.89. The summed E-state index contributed by atoms with van der Waals surface area (Å²) in [5.74, 6) is 0.000798. The zero-order chi connectivity index (χ0) is 21.3. The Balaban J connectivity index is 0.00000272. The fourth-order valence-electron chi connectivity index (χ4n) is 3.85. The summed E-state index contributed by atoms with van der Waals surface area (Å²) in [6, 6.07) is 10.3. The van der Waals surface area contributed by atoms with Gasteiger partial charge in [0.1, 0.15) is 0 Å². The molecule has 0 spiro atoms. The van der Waals surface area contributed by atoms with Crippen molar-refractivity contribution in [2.75, 3.05) is 11.4 Å². The standard InChI is InChI=1S/C24H26N4OS.ClH/c1-16-10-17(2)13-20(12-16)23(29)28(8-5-7-27-9-6-25-15-27)24-26-21-14-18(3)11-19(4)22(21)30-24;/h6,9-15H,5,7-8H2,1-4H3;1H. The van der Waals surface area contributed by atoms with Crippen molar-refractivity contribution in [3.8, 4) is 0 Å². The molecule has 0 saturated heterocycles. The number of imidazole rings is 1. The minimum Gasteiger partial charge on any atom is -0.337 e. The van der Waals surface area contributed by atoms with Crippen molar-refractivity contribution in [1.29, 1.82) is 0 Å². The number of halogens is 1. The summed E-state index contributed by atoms with van der Waals surface area (Å²) in [7, 11) is 0. The highest BCUT2D eigenvalue weighted by atomic mass is 35.5. The maximum atomic E-state index is 13.5. The monoisotopic (exact) mass is 454 g/mol. The van der Waals surface area contributed by atoms with E-state index in [-0.39, 0.29) is 18.3 Å². The van der Waals surface area contributed by atoms with E-state index in [2.05, 4.69) is 37.0 Å². The Morgan fingerprint density at radius 3 is 2.42 bits per heavy atom. The third-order valence-corrected chi connectivity index (χ3v) is 6.34.